The summed E-state index contributed by atoms with van der Waals surface area (Å²) in [5, 5.41) is 0. The molecule has 1 aliphatic heterocycles. The van der Waals surface area contributed by atoms with E-state index in [1.165, 1.54) is 12.7 Å². The van der Waals surface area contributed by atoms with Gasteiger partial charge < -0.3 is 15.2 Å². The second-order valence-corrected chi connectivity index (χ2v) is 4.65. The van der Waals surface area contributed by atoms with Crippen molar-refractivity contribution in [1.29, 1.82) is 0 Å². The van der Waals surface area contributed by atoms with Gasteiger partial charge in [0.05, 0.1) is 25.4 Å². The maximum Gasteiger partial charge on any atom is 0.337 e. The lowest BCUT2D eigenvalue weighted by atomic mass is 10.1. The van der Waals surface area contributed by atoms with Crippen molar-refractivity contribution in [3.63, 3.8) is 0 Å². The fraction of sp³-hybridized carbons (Fsp3) is 0.500. The van der Waals surface area contributed by atoms with Gasteiger partial charge in [-0.3, -0.25) is 4.90 Å². The first kappa shape index (κ1) is 16.9. The van der Waals surface area contributed by atoms with Crippen molar-refractivity contribution in [3.8, 4) is 0 Å². The first-order valence-electron chi connectivity index (χ1n) is 6.44. The molecule has 0 spiro atoms. The number of morpholine rings is 1. The number of halogens is 1. The van der Waals surface area contributed by atoms with Gasteiger partial charge in [0.1, 0.15) is 0 Å². The molecule has 0 radical (unpaired) electrons. The Kier molecular flexibility index (Phi) is 6.95. The lowest BCUT2D eigenvalue weighted by molar-refractivity contribution is -0.0260. The molecular formula is C14H21ClN2O3. The van der Waals surface area contributed by atoms with E-state index in [1.807, 2.05) is 12.1 Å². The number of nitrogens with zero attached hydrogens (tertiary/aromatic N) is 1. The van der Waals surface area contributed by atoms with Crippen LogP contribution in [0.1, 0.15) is 15.9 Å². The van der Waals surface area contributed by atoms with E-state index in [0.29, 0.717) is 12.1 Å². The van der Waals surface area contributed by atoms with Crippen molar-refractivity contribution in [3.05, 3.63) is 35.4 Å². The van der Waals surface area contributed by atoms with E-state index >= 15 is 0 Å². The zero-order valence-corrected chi connectivity index (χ0v) is 12.4. The van der Waals surface area contributed by atoms with Crippen molar-refractivity contribution < 1.29 is 14.3 Å². The second kappa shape index (κ2) is 8.21. The number of hydrogen-bond acceptors (Lipinski definition) is 5. The monoisotopic (exact) mass is 300 g/mol. The fourth-order valence-corrected chi connectivity index (χ4v) is 2.19. The van der Waals surface area contributed by atoms with Gasteiger partial charge in [0.25, 0.3) is 0 Å². The molecule has 1 heterocycles. The van der Waals surface area contributed by atoms with Crippen molar-refractivity contribution in [2.24, 2.45) is 5.73 Å². The van der Waals surface area contributed by atoms with Gasteiger partial charge in [0.15, 0.2) is 0 Å². The van der Waals surface area contributed by atoms with Gasteiger partial charge in [-0.2, -0.15) is 0 Å². The first-order valence-corrected chi connectivity index (χ1v) is 6.44. The number of carbonyl (C=O) groups is 1. The van der Waals surface area contributed by atoms with E-state index in [9.17, 15) is 4.79 Å². The Balaban J connectivity index is 0.00000200. The summed E-state index contributed by atoms with van der Waals surface area (Å²) in [6.45, 7) is 3.89. The van der Waals surface area contributed by atoms with Crippen LogP contribution in [0, 0.1) is 0 Å². The van der Waals surface area contributed by atoms with Crippen LogP contribution in [-0.4, -0.2) is 50.3 Å². The smallest absolute Gasteiger partial charge is 0.337 e. The van der Waals surface area contributed by atoms with Gasteiger partial charge in [-0.25, -0.2) is 4.79 Å². The summed E-state index contributed by atoms with van der Waals surface area (Å²) in [4.78, 5) is 13.6. The normalized spacial score (nSPS) is 19.2. The number of hydrogen-bond donors (Lipinski definition) is 1. The van der Waals surface area contributed by atoms with Crippen LogP contribution in [0.3, 0.4) is 0 Å². The zero-order chi connectivity index (χ0) is 13.7. The highest BCUT2D eigenvalue weighted by Gasteiger charge is 2.19. The standard InChI is InChI=1S/C14H20N2O3.ClH/c1-18-14(17)12-4-2-11(3-5-12)9-16-6-7-19-13(8-15)10-16;/h2-5,13H,6-10,15H2,1H3;1H. The molecule has 0 amide bonds. The van der Waals surface area contributed by atoms with E-state index < -0.39 is 0 Å². The average Bonchev–Trinajstić information content (AvgIpc) is 2.47. The Hall–Kier alpha value is -1.14. The van der Waals surface area contributed by atoms with Gasteiger partial charge in [0, 0.05) is 26.2 Å². The molecule has 1 saturated heterocycles. The zero-order valence-electron chi connectivity index (χ0n) is 11.6. The Labute approximate surface area is 125 Å². The quantitative estimate of drug-likeness (QED) is 0.842. The van der Waals surface area contributed by atoms with E-state index in [2.05, 4.69) is 9.64 Å². The summed E-state index contributed by atoms with van der Waals surface area (Å²) in [6.07, 6.45) is 0.128. The minimum Gasteiger partial charge on any atom is -0.465 e. The Morgan fingerprint density at radius 3 is 2.75 bits per heavy atom. The summed E-state index contributed by atoms with van der Waals surface area (Å²) < 4.78 is 10.2. The van der Waals surface area contributed by atoms with E-state index in [-0.39, 0.29) is 24.5 Å². The molecule has 1 unspecified atom stereocenters. The van der Waals surface area contributed by atoms with Crippen LogP contribution in [0.25, 0.3) is 0 Å². The summed E-state index contributed by atoms with van der Waals surface area (Å²) in [6, 6.07) is 7.50. The highest BCUT2D eigenvalue weighted by atomic mass is 35.5. The number of benzene rings is 1. The van der Waals surface area contributed by atoms with Crippen LogP contribution >= 0.6 is 12.4 Å². The predicted octanol–water partition coefficient (Wildman–Crippen LogP) is 1.05. The van der Waals surface area contributed by atoms with E-state index in [4.69, 9.17) is 10.5 Å². The molecule has 1 atom stereocenters. The SMILES string of the molecule is COC(=O)c1ccc(CN2CCOC(CN)C2)cc1.Cl. The number of esters is 1. The van der Waals surface area contributed by atoms with Gasteiger partial charge in [0.2, 0.25) is 0 Å². The average molecular weight is 301 g/mol. The minimum absolute atomic E-state index is 0. The molecule has 1 aromatic rings. The summed E-state index contributed by atoms with van der Waals surface area (Å²) >= 11 is 0. The first-order chi connectivity index (χ1) is 9.22. The maximum absolute atomic E-state index is 11.3. The molecule has 2 rings (SSSR count). The molecular weight excluding hydrogens is 280 g/mol. The molecule has 1 aromatic carbocycles. The summed E-state index contributed by atoms with van der Waals surface area (Å²) in [7, 11) is 1.39. The third-order valence-electron chi connectivity index (χ3n) is 3.27. The van der Waals surface area contributed by atoms with E-state index in [1.54, 1.807) is 12.1 Å². The van der Waals surface area contributed by atoms with E-state index in [0.717, 1.165) is 26.2 Å². The molecule has 1 fully saturated rings. The van der Waals surface area contributed by atoms with Gasteiger partial charge >= 0.3 is 5.97 Å². The molecule has 1 aliphatic rings. The van der Waals surface area contributed by atoms with Gasteiger partial charge in [-0.1, -0.05) is 12.1 Å². The Morgan fingerprint density at radius 2 is 2.15 bits per heavy atom. The number of methoxy groups -OCH3 is 1. The van der Waals surface area contributed by atoms with Gasteiger partial charge in [-0.05, 0) is 17.7 Å². The lowest BCUT2D eigenvalue weighted by Crippen LogP contribution is -2.45. The minimum atomic E-state index is -0.305. The predicted molar refractivity (Wildman–Crippen MR) is 79.1 cm³/mol. The summed E-state index contributed by atoms with van der Waals surface area (Å²) in [5.41, 5.74) is 7.37. The molecule has 0 bridgehead atoms. The number of rotatable bonds is 4. The van der Waals surface area contributed by atoms with Crippen LogP contribution in [-0.2, 0) is 16.0 Å². The molecule has 5 nitrogen and oxygen atoms in total. The molecule has 20 heavy (non-hydrogen) atoms. The van der Waals surface area contributed by atoms with Crippen molar-refractivity contribution in [2.45, 2.75) is 12.6 Å². The van der Waals surface area contributed by atoms with Crippen molar-refractivity contribution >= 4 is 18.4 Å². The molecule has 112 valence electrons. The van der Waals surface area contributed by atoms with Crippen molar-refractivity contribution in [2.75, 3.05) is 33.4 Å². The highest BCUT2D eigenvalue weighted by molar-refractivity contribution is 5.89. The Bertz CT molecular complexity index is 425. The van der Waals surface area contributed by atoms with Crippen LogP contribution in [0.4, 0.5) is 0 Å². The fourth-order valence-electron chi connectivity index (χ4n) is 2.19. The third-order valence-corrected chi connectivity index (χ3v) is 3.27. The van der Waals surface area contributed by atoms with Crippen LogP contribution in [0.15, 0.2) is 24.3 Å². The summed E-state index contributed by atoms with van der Waals surface area (Å²) in [5.74, 6) is -0.305. The number of nitrogens with two attached hydrogens (primary N) is 1. The van der Waals surface area contributed by atoms with Crippen LogP contribution < -0.4 is 5.73 Å². The topological polar surface area (TPSA) is 64.8 Å². The lowest BCUT2D eigenvalue weighted by Gasteiger charge is -2.32. The van der Waals surface area contributed by atoms with Crippen LogP contribution in [0.5, 0.6) is 0 Å². The molecule has 0 aromatic heterocycles. The van der Waals surface area contributed by atoms with Crippen LogP contribution in [0.2, 0.25) is 0 Å². The largest absolute Gasteiger partial charge is 0.465 e. The number of ether oxygens (including phenoxy) is 2. The maximum atomic E-state index is 11.3. The van der Waals surface area contributed by atoms with Crippen molar-refractivity contribution in [1.82, 2.24) is 4.90 Å². The Morgan fingerprint density at radius 1 is 1.45 bits per heavy atom. The molecule has 2 N–H and O–H groups in total. The molecule has 0 saturated carbocycles. The molecule has 0 aliphatic carbocycles. The number of carbonyl (C=O) groups excluding carboxylic acids is 1. The highest BCUT2D eigenvalue weighted by Crippen LogP contribution is 2.11. The molecule has 6 heteroatoms. The third kappa shape index (κ3) is 4.45. The second-order valence-electron chi connectivity index (χ2n) is 4.65. The van der Waals surface area contributed by atoms with Gasteiger partial charge in [-0.15, -0.1) is 12.4 Å².